The number of nitrogens with one attached hydrogen (secondary N) is 1. The van der Waals surface area contributed by atoms with Gasteiger partial charge in [0.1, 0.15) is 11.3 Å². The molecule has 6 nitrogen and oxygen atoms in total. The molecular formula is C12H17N3O3. The van der Waals surface area contributed by atoms with Gasteiger partial charge in [0.15, 0.2) is 6.29 Å². The number of carbonyl (C=O) groups is 2. The predicted octanol–water partition coefficient (Wildman–Crippen LogP) is 0.654. The van der Waals surface area contributed by atoms with Crippen LogP contribution < -0.4 is 16.2 Å². The molecule has 0 saturated heterocycles. The highest BCUT2D eigenvalue weighted by molar-refractivity contribution is 6.04. The number of aromatic hydroxyl groups is 1. The Balaban J connectivity index is 3.46. The van der Waals surface area contributed by atoms with Gasteiger partial charge < -0.3 is 10.0 Å². The summed E-state index contributed by atoms with van der Waals surface area (Å²) in [6, 6.07) is 3.10. The highest BCUT2D eigenvalue weighted by Gasteiger charge is 2.21. The standard InChI is InChI=1S/C12H17N3O3/c1-3-15(4-2)9-6-5-8(7-16)11(17)10(9)12(18)14-13/h5-7,17H,3-4,13H2,1-2H3,(H,14,18). The van der Waals surface area contributed by atoms with Gasteiger partial charge in [-0.2, -0.15) is 0 Å². The van der Waals surface area contributed by atoms with Crippen LogP contribution in [-0.2, 0) is 0 Å². The van der Waals surface area contributed by atoms with Gasteiger partial charge in [-0.25, -0.2) is 5.84 Å². The monoisotopic (exact) mass is 251 g/mol. The number of nitrogens with zero attached hydrogens (tertiary/aromatic N) is 1. The van der Waals surface area contributed by atoms with E-state index in [0.29, 0.717) is 25.1 Å². The Morgan fingerprint density at radius 2 is 2.06 bits per heavy atom. The molecule has 0 heterocycles. The van der Waals surface area contributed by atoms with Crippen molar-refractivity contribution in [2.45, 2.75) is 13.8 Å². The van der Waals surface area contributed by atoms with Crippen LogP contribution in [0.25, 0.3) is 0 Å². The van der Waals surface area contributed by atoms with Crippen LogP contribution in [0.3, 0.4) is 0 Å². The third-order valence-corrected chi connectivity index (χ3v) is 2.78. The van der Waals surface area contributed by atoms with Gasteiger partial charge in [-0.15, -0.1) is 0 Å². The molecule has 0 saturated carbocycles. The number of aldehydes is 1. The Labute approximate surface area is 105 Å². The molecule has 98 valence electrons. The van der Waals surface area contributed by atoms with E-state index < -0.39 is 5.91 Å². The lowest BCUT2D eigenvalue weighted by molar-refractivity contribution is 0.0951. The SMILES string of the molecule is CCN(CC)c1ccc(C=O)c(O)c1C(=O)NN. The zero-order valence-electron chi connectivity index (χ0n) is 10.4. The maximum Gasteiger partial charge on any atom is 0.271 e. The molecule has 1 aromatic carbocycles. The lowest BCUT2D eigenvalue weighted by Gasteiger charge is -2.24. The summed E-state index contributed by atoms with van der Waals surface area (Å²) in [7, 11) is 0. The van der Waals surface area contributed by atoms with Crippen LogP contribution in [-0.4, -0.2) is 30.4 Å². The number of hydrazine groups is 1. The number of rotatable bonds is 5. The Morgan fingerprint density at radius 3 is 2.50 bits per heavy atom. The minimum absolute atomic E-state index is 0.0193. The van der Waals surface area contributed by atoms with Gasteiger partial charge in [0.2, 0.25) is 0 Å². The number of phenolic OH excluding ortho intramolecular Hbond substituents is 1. The van der Waals surface area contributed by atoms with Crippen molar-refractivity contribution in [3.63, 3.8) is 0 Å². The summed E-state index contributed by atoms with van der Waals surface area (Å²) in [5.74, 6) is 4.12. The number of nitrogens with two attached hydrogens (primary N) is 1. The number of phenols is 1. The van der Waals surface area contributed by atoms with Gasteiger partial charge in [0, 0.05) is 13.1 Å². The third kappa shape index (κ3) is 2.43. The minimum atomic E-state index is -0.627. The van der Waals surface area contributed by atoms with E-state index in [1.165, 1.54) is 6.07 Å². The van der Waals surface area contributed by atoms with Gasteiger partial charge in [0.05, 0.1) is 11.3 Å². The van der Waals surface area contributed by atoms with Crippen molar-refractivity contribution in [2.75, 3.05) is 18.0 Å². The van der Waals surface area contributed by atoms with E-state index in [1.807, 2.05) is 24.2 Å². The molecule has 0 radical (unpaired) electrons. The molecule has 4 N–H and O–H groups in total. The molecule has 1 rings (SSSR count). The van der Waals surface area contributed by atoms with E-state index in [4.69, 9.17) is 5.84 Å². The first-order valence-electron chi connectivity index (χ1n) is 5.67. The van der Waals surface area contributed by atoms with E-state index in [1.54, 1.807) is 6.07 Å². The van der Waals surface area contributed by atoms with Crippen molar-refractivity contribution >= 4 is 17.9 Å². The van der Waals surface area contributed by atoms with Crippen molar-refractivity contribution in [3.05, 3.63) is 23.3 Å². The maximum absolute atomic E-state index is 11.7. The van der Waals surface area contributed by atoms with Crippen molar-refractivity contribution in [1.82, 2.24) is 5.43 Å². The second kappa shape index (κ2) is 6.02. The molecule has 0 atom stereocenters. The highest BCUT2D eigenvalue weighted by atomic mass is 16.3. The van der Waals surface area contributed by atoms with Gasteiger partial charge in [-0.1, -0.05) is 0 Å². The van der Waals surface area contributed by atoms with Gasteiger partial charge in [0.25, 0.3) is 5.91 Å². The highest BCUT2D eigenvalue weighted by Crippen LogP contribution is 2.31. The fourth-order valence-corrected chi connectivity index (χ4v) is 1.82. The van der Waals surface area contributed by atoms with Crippen molar-refractivity contribution in [3.8, 4) is 5.75 Å². The molecule has 0 bridgehead atoms. The average molecular weight is 251 g/mol. The Hall–Kier alpha value is -2.08. The number of hydrogen-bond donors (Lipinski definition) is 3. The molecule has 0 unspecified atom stereocenters. The van der Waals surface area contributed by atoms with E-state index in [9.17, 15) is 14.7 Å². The van der Waals surface area contributed by atoms with Crippen molar-refractivity contribution in [1.29, 1.82) is 0 Å². The number of nitrogen functional groups attached to an aromatic ring is 1. The molecule has 6 heteroatoms. The molecule has 0 spiro atoms. The largest absolute Gasteiger partial charge is 0.506 e. The smallest absolute Gasteiger partial charge is 0.271 e. The van der Waals surface area contributed by atoms with Crippen LogP contribution in [0.4, 0.5) is 5.69 Å². The first-order valence-corrected chi connectivity index (χ1v) is 5.67. The van der Waals surface area contributed by atoms with Gasteiger partial charge in [-0.3, -0.25) is 15.0 Å². The van der Waals surface area contributed by atoms with Gasteiger partial charge in [-0.05, 0) is 26.0 Å². The quantitative estimate of drug-likeness (QED) is 0.309. The third-order valence-electron chi connectivity index (χ3n) is 2.78. The topological polar surface area (TPSA) is 95.7 Å². The van der Waals surface area contributed by atoms with Crippen LogP contribution >= 0.6 is 0 Å². The zero-order valence-corrected chi connectivity index (χ0v) is 10.4. The fourth-order valence-electron chi connectivity index (χ4n) is 1.82. The van der Waals surface area contributed by atoms with E-state index in [0.717, 1.165) is 0 Å². The van der Waals surface area contributed by atoms with E-state index in [2.05, 4.69) is 0 Å². The molecule has 0 aliphatic rings. The fraction of sp³-hybridized carbons (Fsp3) is 0.333. The predicted molar refractivity (Wildman–Crippen MR) is 68.7 cm³/mol. The second-order valence-electron chi connectivity index (χ2n) is 3.66. The molecule has 1 aromatic rings. The Bertz CT molecular complexity index is 456. The second-order valence-corrected chi connectivity index (χ2v) is 3.66. The summed E-state index contributed by atoms with van der Waals surface area (Å²) < 4.78 is 0. The normalized spacial score (nSPS) is 9.94. The molecule has 0 fully saturated rings. The van der Waals surface area contributed by atoms with Crippen molar-refractivity contribution < 1.29 is 14.7 Å². The van der Waals surface area contributed by atoms with Crippen molar-refractivity contribution in [2.24, 2.45) is 5.84 Å². The average Bonchev–Trinajstić information content (AvgIpc) is 2.39. The summed E-state index contributed by atoms with van der Waals surface area (Å²) >= 11 is 0. The lowest BCUT2D eigenvalue weighted by Crippen LogP contribution is -2.33. The van der Waals surface area contributed by atoms with Crippen LogP contribution in [0.15, 0.2) is 12.1 Å². The molecule has 0 aliphatic heterocycles. The molecular weight excluding hydrogens is 234 g/mol. The number of hydrogen-bond acceptors (Lipinski definition) is 5. The van der Waals surface area contributed by atoms with E-state index >= 15 is 0 Å². The maximum atomic E-state index is 11.7. The van der Waals surface area contributed by atoms with Gasteiger partial charge >= 0.3 is 0 Å². The molecule has 0 aliphatic carbocycles. The first kappa shape index (κ1) is 14.0. The van der Waals surface area contributed by atoms with Crippen LogP contribution in [0.5, 0.6) is 5.75 Å². The zero-order chi connectivity index (χ0) is 13.7. The van der Waals surface area contributed by atoms with E-state index in [-0.39, 0.29) is 16.9 Å². The number of anilines is 1. The molecule has 0 aromatic heterocycles. The Kier molecular flexibility index (Phi) is 4.67. The minimum Gasteiger partial charge on any atom is -0.506 e. The van der Waals surface area contributed by atoms with Crippen LogP contribution in [0, 0.1) is 0 Å². The lowest BCUT2D eigenvalue weighted by atomic mass is 10.1. The summed E-state index contributed by atoms with van der Waals surface area (Å²) in [6.45, 7) is 5.19. The summed E-state index contributed by atoms with van der Waals surface area (Å²) in [4.78, 5) is 24.4. The number of amides is 1. The summed E-state index contributed by atoms with van der Waals surface area (Å²) in [6.07, 6.45) is 0.495. The molecule has 18 heavy (non-hydrogen) atoms. The first-order chi connectivity index (χ1) is 8.60. The van der Waals surface area contributed by atoms with Crippen LogP contribution in [0.1, 0.15) is 34.6 Å². The van der Waals surface area contributed by atoms with Crippen LogP contribution in [0.2, 0.25) is 0 Å². The summed E-state index contributed by atoms with van der Waals surface area (Å²) in [5.41, 5.74) is 2.60. The summed E-state index contributed by atoms with van der Waals surface area (Å²) in [5, 5.41) is 9.94. The number of benzene rings is 1. The Morgan fingerprint density at radius 1 is 1.44 bits per heavy atom. The molecule has 1 amide bonds. The number of carbonyl (C=O) groups excluding carboxylic acids is 2.